The van der Waals surface area contributed by atoms with Crippen molar-refractivity contribution in [2.45, 2.75) is 19.8 Å². The lowest BCUT2D eigenvalue weighted by Crippen LogP contribution is -2.30. The normalized spacial score (nSPS) is 17.8. The van der Waals surface area contributed by atoms with Crippen LogP contribution in [0.4, 0.5) is 5.13 Å². The molecule has 1 aliphatic rings. The van der Waals surface area contributed by atoms with Gasteiger partial charge in [0.1, 0.15) is 0 Å². The second-order valence-corrected chi connectivity index (χ2v) is 4.92. The predicted molar refractivity (Wildman–Crippen MR) is 65.0 cm³/mol. The fraction of sp³-hybridized carbons (Fsp3) is 0.545. The lowest BCUT2D eigenvalue weighted by atomic mass is 10.1. The van der Waals surface area contributed by atoms with Gasteiger partial charge in [-0.2, -0.15) is 0 Å². The van der Waals surface area contributed by atoms with Gasteiger partial charge < -0.3 is 5.73 Å². The number of nitrogens with zero attached hydrogens (tertiary/aromatic N) is 2. The highest BCUT2D eigenvalue weighted by Crippen LogP contribution is 2.13. The minimum absolute atomic E-state index is 0.680. The zero-order chi connectivity index (χ0) is 10.7. The van der Waals surface area contributed by atoms with Crippen LogP contribution in [0.15, 0.2) is 17.0 Å². The number of nitrogens with two attached hydrogens (primary N) is 1. The van der Waals surface area contributed by atoms with E-state index >= 15 is 0 Å². The van der Waals surface area contributed by atoms with Gasteiger partial charge in [-0.1, -0.05) is 11.6 Å². The highest BCUT2D eigenvalue weighted by atomic mass is 32.1. The van der Waals surface area contributed by atoms with E-state index in [1.54, 1.807) is 0 Å². The van der Waals surface area contributed by atoms with Crippen LogP contribution in [0.5, 0.6) is 0 Å². The Morgan fingerprint density at radius 1 is 1.60 bits per heavy atom. The maximum absolute atomic E-state index is 5.59. The van der Waals surface area contributed by atoms with Crippen molar-refractivity contribution in [2.75, 3.05) is 25.4 Å². The van der Waals surface area contributed by atoms with E-state index in [0.717, 1.165) is 25.2 Å². The van der Waals surface area contributed by atoms with Crippen molar-refractivity contribution in [1.29, 1.82) is 0 Å². The van der Waals surface area contributed by atoms with Gasteiger partial charge in [0.25, 0.3) is 0 Å². The Balaban J connectivity index is 1.79. The molecule has 3 nitrogen and oxygen atoms in total. The van der Waals surface area contributed by atoms with Gasteiger partial charge in [-0.3, -0.25) is 4.90 Å². The number of thiazole rings is 1. The summed E-state index contributed by atoms with van der Waals surface area (Å²) in [6.07, 6.45) is 4.54. The number of hydrogen-bond donors (Lipinski definition) is 1. The average molecular weight is 223 g/mol. The topological polar surface area (TPSA) is 42.1 Å². The first-order valence-electron chi connectivity index (χ1n) is 5.32. The van der Waals surface area contributed by atoms with Crippen LogP contribution >= 0.6 is 11.3 Å². The van der Waals surface area contributed by atoms with E-state index in [4.69, 9.17) is 5.73 Å². The fourth-order valence-electron chi connectivity index (χ4n) is 1.73. The Hall–Kier alpha value is -0.870. The van der Waals surface area contributed by atoms with Crippen LogP contribution in [0.3, 0.4) is 0 Å². The summed E-state index contributed by atoms with van der Waals surface area (Å²) < 4.78 is 0. The van der Waals surface area contributed by atoms with Gasteiger partial charge in [-0.15, -0.1) is 11.3 Å². The summed E-state index contributed by atoms with van der Waals surface area (Å²) in [4.78, 5) is 6.73. The van der Waals surface area contributed by atoms with Gasteiger partial charge in [-0.25, -0.2) is 4.98 Å². The molecule has 0 saturated heterocycles. The Morgan fingerprint density at radius 2 is 2.47 bits per heavy atom. The molecular formula is C11H17N3S. The molecule has 0 unspecified atom stereocenters. The molecule has 0 atom stereocenters. The zero-order valence-corrected chi connectivity index (χ0v) is 9.89. The Morgan fingerprint density at radius 3 is 3.07 bits per heavy atom. The highest BCUT2D eigenvalue weighted by molar-refractivity contribution is 7.13. The molecule has 0 fully saturated rings. The standard InChI is InChI=1S/C11H17N3S/c1-9-2-5-14(6-3-9)7-4-10-8-15-11(12)13-10/h2,8H,3-7H2,1H3,(H2,12,13). The van der Waals surface area contributed by atoms with Crippen LogP contribution in [0.25, 0.3) is 0 Å². The Kier molecular flexibility index (Phi) is 3.38. The van der Waals surface area contributed by atoms with E-state index in [0.29, 0.717) is 5.13 Å². The largest absolute Gasteiger partial charge is 0.375 e. The van der Waals surface area contributed by atoms with Gasteiger partial charge >= 0.3 is 0 Å². The number of hydrogen-bond acceptors (Lipinski definition) is 4. The predicted octanol–water partition coefficient (Wildman–Crippen LogP) is 1.92. The summed E-state index contributed by atoms with van der Waals surface area (Å²) >= 11 is 1.53. The third kappa shape index (κ3) is 3.04. The number of anilines is 1. The van der Waals surface area contributed by atoms with Crippen molar-refractivity contribution >= 4 is 16.5 Å². The maximum Gasteiger partial charge on any atom is 0.180 e. The third-order valence-electron chi connectivity index (χ3n) is 2.77. The Bertz CT molecular complexity index is 356. The lowest BCUT2D eigenvalue weighted by Gasteiger charge is -2.24. The van der Waals surface area contributed by atoms with Gasteiger partial charge in [0.05, 0.1) is 5.69 Å². The smallest absolute Gasteiger partial charge is 0.180 e. The second-order valence-electron chi connectivity index (χ2n) is 4.03. The van der Waals surface area contributed by atoms with Crippen LogP contribution in [0, 0.1) is 0 Å². The van der Waals surface area contributed by atoms with Gasteiger partial charge in [0, 0.05) is 31.4 Å². The van der Waals surface area contributed by atoms with Crippen molar-refractivity contribution in [2.24, 2.45) is 0 Å². The molecule has 0 aromatic carbocycles. The average Bonchev–Trinajstić information content (AvgIpc) is 2.64. The van der Waals surface area contributed by atoms with E-state index in [-0.39, 0.29) is 0 Å². The molecule has 2 rings (SSSR count). The minimum Gasteiger partial charge on any atom is -0.375 e. The van der Waals surface area contributed by atoms with Crippen molar-refractivity contribution in [3.05, 3.63) is 22.7 Å². The highest BCUT2D eigenvalue weighted by Gasteiger charge is 2.09. The van der Waals surface area contributed by atoms with E-state index in [9.17, 15) is 0 Å². The molecule has 0 spiro atoms. The lowest BCUT2D eigenvalue weighted by molar-refractivity contribution is 0.297. The molecule has 1 aromatic heterocycles. The molecule has 2 heterocycles. The van der Waals surface area contributed by atoms with Gasteiger partial charge in [0.15, 0.2) is 5.13 Å². The quantitative estimate of drug-likeness (QED) is 0.796. The first kappa shape index (κ1) is 10.6. The second kappa shape index (κ2) is 4.77. The monoisotopic (exact) mass is 223 g/mol. The first-order valence-corrected chi connectivity index (χ1v) is 6.20. The summed E-state index contributed by atoms with van der Waals surface area (Å²) in [5.41, 5.74) is 8.24. The molecule has 0 aliphatic carbocycles. The summed E-state index contributed by atoms with van der Waals surface area (Å²) in [5.74, 6) is 0. The van der Waals surface area contributed by atoms with Crippen LogP contribution < -0.4 is 5.73 Å². The molecule has 0 amide bonds. The Labute approximate surface area is 94.6 Å². The van der Waals surface area contributed by atoms with Crippen molar-refractivity contribution in [3.8, 4) is 0 Å². The summed E-state index contributed by atoms with van der Waals surface area (Å²) in [7, 11) is 0. The number of rotatable bonds is 3. The molecule has 4 heteroatoms. The van der Waals surface area contributed by atoms with Crippen molar-refractivity contribution < 1.29 is 0 Å². The van der Waals surface area contributed by atoms with Crippen molar-refractivity contribution in [3.63, 3.8) is 0 Å². The van der Waals surface area contributed by atoms with Crippen molar-refractivity contribution in [1.82, 2.24) is 9.88 Å². The number of nitrogen functional groups attached to an aromatic ring is 1. The minimum atomic E-state index is 0.680. The molecule has 1 aromatic rings. The molecular weight excluding hydrogens is 206 g/mol. The maximum atomic E-state index is 5.59. The molecule has 1 aliphatic heterocycles. The fourth-order valence-corrected chi connectivity index (χ4v) is 2.32. The van der Waals surface area contributed by atoms with E-state index in [1.165, 1.54) is 29.9 Å². The van der Waals surface area contributed by atoms with E-state index in [2.05, 4.69) is 28.3 Å². The molecule has 2 N–H and O–H groups in total. The summed E-state index contributed by atoms with van der Waals surface area (Å²) in [6, 6.07) is 0. The van der Waals surface area contributed by atoms with E-state index < -0.39 is 0 Å². The SMILES string of the molecule is CC1=CCN(CCc2csc(N)n2)CC1. The van der Waals surface area contributed by atoms with E-state index in [1.807, 2.05) is 0 Å². The van der Waals surface area contributed by atoms with Crippen LogP contribution in [-0.2, 0) is 6.42 Å². The van der Waals surface area contributed by atoms with Crippen LogP contribution in [0.1, 0.15) is 19.0 Å². The third-order valence-corrected chi connectivity index (χ3v) is 3.50. The van der Waals surface area contributed by atoms with Crippen LogP contribution in [0.2, 0.25) is 0 Å². The summed E-state index contributed by atoms with van der Waals surface area (Å²) in [6.45, 7) is 5.57. The molecule has 15 heavy (non-hydrogen) atoms. The molecule has 82 valence electrons. The summed E-state index contributed by atoms with van der Waals surface area (Å²) in [5, 5.41) is 2.74. The zero-order valence-electron chi connectivity index (χ0n) is 9.07. The van der Waals surface area contributed by atoms with Crippen LogP contribution in [-0.4, -0.2) is 29.5 Å². The number of aromatic nitrogens is 1. The molecule has 0 bridgehead atoms. The molecule has 0 radical (unpaired) electrons. The first-order chi connectivity index (χ1) is 7.24. The van der Waals surface area contributed by atoms with Gasteiger partial charge in [-0.05, 0) is 13.3 Å². The van der Waals surface area contributed by atoms with Gasteiger partial charge in [0.2, 0.25) is 0 Å². The molecule has 0 saturated carbocycles.